The van der Waals surface area contributed by atoms with E-state index in [0.29, 0.717) is 6.04 Å². The Kier molecular flexibility index (Phi) is 10.7. The van der Waals surface area contributed by atoms with Crippen LogP contribution in [-0.4, -0.2) is 70.3 Å². The number of nitrogens with one attached hydrogen (secondary N) is 2. The van der Waals surface area contributed by atoms with Crippen LogP contribution in [0.2, 0.25) is 0 Å². The smallest absolute Gasteiger partial charge is 0.191 e. The number of halogens is 1. The van der Waals surface area contributed by atoms with Crippen molar-refractivity contribution in [2.45, 2.75) is 26.3 Å². The number of benzene rings is 1. The Hall–Kier alpha value is -1.22. The zero-order valence-electron chi connectivity index (χ0n) is 16.5. The molecule has 1 fully saturated rings. The Balaban J connectivity index is 0.00000338. The first-order chi connectivity index (χ1) is 12.2. The standard InChI is InChI=1S/C19H33N5O.HI/c1-5-23(6-2)14-12-21-19(20-3)22-16-11-13-24(15-16)17-9-7-8-10-18(17)25-4;/h7-10,16H,5-6,11-15H2,1-4H3,(H2,20,21,22);1H. The molecule has 0 radical (unpaired) electrons. The molecule has 0 aromatic heterocycles. The second-order valence-corrected chi connectivity index (χ2v) is 6.27. The Labute approximate surface area is 175 Å². The number of rotatable bonds is 8. The van der Waals surface area contributed by atoms with Crippen LogP contribution in [0.5, 0.6) is 5.75 Å². The highest BCUT2D eigenvalue weighted by atomic mass is 127. The third kappa shape index (κ3) is 6.50. The molecule has 0 spiro atoms. The van der Waals surface area contributed by atoms with Crippen LogP contribution >= 0.6 is 24.0 Å². The van der Waals surface area contributed by atoms with Crippen LogP contribution in [-0.2, 0) is 0 Å². The number of likely N-dealkylation sites (N-methyl/N-ethyl adjacent to an activating group) is 1. The summed E-state index contributed by atoms with van der Waals surface area (Å²) in [6, 6.07) is 8.61. The molecule has 1 aliphatic rings. The van der Waals surface area contributed by atoms with Crippen molar-refractivity contribution in [3.05, 3.63) is 24.3 Å². The highest BCUT2D eigenvalue weighted by Gasteiger charge is 2.25. The van der Waals surface area contributed by atoms with E-state index in [2.05, 4.69) is 51.4 Å². The molecule has 1 aromatic carbocycles. The van der Waals surface area contributed by atoms with Gasteiger partial charge in [-0.15, -0.1) is 24.0 Å². The highest BCUT2D eigenvalue weighted by molar-refractivity contribution is 14.0. The van der Waals surface area contributed by atoms with E-state index in [0.717, 1.165) is 57.4 Å². The van der Waals surface area contributed by atoms with Crippen LogP contribution in [0.1, 0.15) is 20.3 Å². The second-order valence-electron chi connectivity index (χ2n) is 6.27. The SMILES string of the molecule is CCN(CC)CCNC(=NC)NC1CCN(c2ccccc2OC)C1.I. The van der Waals surface area contributed by atoms with Crippen LogP contribution in [0.15, 0.2) is 29.3 Å². The van der Waals surface area contributed by atoms with Crippen LogP contribution < -0.4 is 20.3 Å². The molecule has 1 aliphatic heterocycles. The fraction of sp³-hybridized carbons (Fsp3) is 0.632. The first-order valence-electron chi connectivity index (χ1n) is 9.29. The molecule has 6 nitrogen and oxygen atoms in total. The topological polar surface area (TPSA) is 52.1 Å². The van der Waals surface area contributed by atoms with Gasteiger partial charge in [-0.3, -0.25) is 4.99 Å². The monoisotopic (exact) mass is 475 g/mol. The van der Waals surface area contributed by atoms with Crippen molar-refractivity contribution in [3.8, 4) is 5.75 Å². The number of hydrogen-bond donors (Lipinski definition) is 2. The van der Waals surface area contributed by atoms with E-state index in [4.69, 9.17) is 4.74 Å². The fourth-order valence-corrected chi connectivity index (χ4v) is 3.25. The number of nitrogens with zero attached hydrogens (tertiary/aromatic N) is 3. The van der Waals surface area contributed by atoms with E-state index in [9.17, 15) is 0 Å². The van der Waals surface area contributed by atoms with E-state index in [1.807, 2.05) is 19.2 Å². The molecule has 0 saturated carbocycles. The molecule has 26 heavy (non-hydrogen) atoms. The Bertz CT molecular complexity index is 550. The lowest BCUT2D eigenvalue weighted by atomic mass is 10.2. The van der Waals surface area contributed by atoms with Crippen LogP contribution in [0.25, 0.3) is 0 Å². The minimum Gasteiger partial charge on any atom is -0.495 e. The lowest BCUT2D eigenvalue weighted by molar-refractivity contribution is 0.308. The molecule has 1 atom stereocenters. The van der Waals surface area contributed by atoms with E-state index in [1.54, 1.807) is 7.11 Å². The number of hydrogen-bond acceptors (Lipinski definition) is 4. The van der Waals surface area contributed by atoms with Gasteiger partial charge in [0, 0.05) is 39.3 Å². The third-order valence-corrected chi connectivity index (χ3v) is 4.79. The van der Waals surface area contributed by atoms with Crippen molar-refractivity contribution in [2.24, 2.45) is 4.99 Å². The number of anilines is 1. The summed E-state index contributed by atoms with van der Waals surface area (Å²) in [6.45, 7) is 10.5. The van der Waals surface area contributed by atoms with Gasteiger partial charge >= 0.3 is 0 Å². The van der Waals surface area contributed by atoms with E-state index in [1.165, 1.54) is 5.69 Å². The molecular formula is C19H34IN5O. The second kappa shape index (κ2) is 12.2. The normalized spacial score (nSPS) is 17.2. The third-order valence-electron chi connectivity index (χ3n) is 4.79. The number of ether oxygens (including phenoxy) is 1. The van der Waals surface area contributed by atoms with Gasteiger partial charge in [-0.1, -0.05) is 26.0 Å². The summed E-state index contributed by atoms with van der Waals surface area (Å²) in [5.41, 5.74) is 1.17. The highest BCUT2D eigenvalue weighted by Crippen LogP contribution is 2.30. The average molecular weight is 475 g/mol. The summed E-state index contributed by atoms with van der Waals surface area (Å²) in [7, 11) is 3.56. The number of methoxy groups -OCH3 is 1. The molecule has 2 rings (SSSR count). The van der Waals surface area contributed by atoms with Crippen LogP contribution in [0.4, 0.5) is 5.69 Å². The summed E-state index contributed by atoms with van der Waals surface area (Å²) < 4.78 is 5.49. The molecule has 1 unspecified atom stereocenters. The maximum absolute atomic E-state index is 5.49. The number of para-hydroxylation sites is 2. The first kappa shape index (κ1) is 22.8. The molecule has 7 heteroatoms. The summed E-state index contributed by atoms with van der Waals surface area (Å²) in [5, 5.41) is 6.98. The Morgan fingerprint density at radius 3 is 2.69 bits per heavy atom. The van der Waals surface area contributed by atoms with Crippen molar-refractivity contribution in [2.75, 3.05) is 58.3 Å². The number of guanidine groups is 1. The van der Waals surface area contributed by atoms with Gasteiger partial charge in [-0.05, 0) is 31.6 Å². The summed E-state index contributed by atoms with van der Waals surface area (Å²) in [4.78, 5) is 9.14. The van der Waals surface area contributed by atoms with Gasteiger partial charge in [-0.2, -0.15) is 0 Å². The van der Waals surface area contributed by atoms with Crippen molar-refractivity contribution >= 4 is 35.6 Å². The quantitative estimate of drug-likeness (QED) is 0.344. The van der Waals surface area contributed by atoms with Gasteiger partial charge in [0.05, 0.1) is 12.8 Å². The Morgan fingerprint density at radius 2 is 2.04 bits per heavy atom. The largest absolute Gasteiger partial charge is 0.495 e. The summed E-state index contributed by atoms with van der Waals surface area (Å²) in [6.07, 6.45) is 1.09. The van der Waals surface area contributed by atoms with Crippen LogP contribution in [0.3, 0.4) is 0 Å². The zero-order chi connectivity index (χ0) is 18.1. The molecule has 0 aliphatic carbocycles. The van der Waals surface area contributed by atoms with Gasteiger partial charge in [-0.25, -0.2) is 0 Å². The minimum atomic E-state index is 0. The zero-order valence-corrected chi connectivity index (χ0v) is 18.8. The predicted molar refractivity (Wildman–Crippen MR) is 121 cm³/mol. The number of aliphatic imine (C=N–C) groups is 1. The molecule has 0 amide bonds. The molecular weight excluding hydrogens is 441 g/mol. The van der Waals surface area contributed by atoms with Gasteiger partial charge in [0.1, 0.15) is 5.75 Å². The van der Waals surface area contributed by atoms with E-state index >= 15 is 0 Å². The maximum Gasteiger partial charge on any atom is 0.191 e. The van der Waals surface area contributed by atoms with Crippen LogP contribution in [0, 0.1) is 0 Å². The molecule has 1 aromatic rings. The fourth-order valence-electron chi connectivity index (χ4n) is 3.25. The molecule has 148 valence electrons. The molecule has 1 saturated heterocycles. The van der Waals surface area contributed by atoms with Crippen molar-refractivity contribution in [1.82, 2.24) is 15.5 Å². The lowest BCUT2D eigenvalue weighted by Gasteiger charge is -2.23. The van der Waals surface area contributed by atoms with E-state index < -0.39 is 0 Å². The van der Waals surface area contributed by atoms with E-state index in [-0.39, 0.29) is 24.0 Å². The molecule has 0 bridgehead atoms. The van der Waals surface area contributed by atoms with Gasteiger partial charge in [0.25, 0.3) is 0 Å². The predicted octanol–water partition coefficient (Wildman–Crippen LogP) is 2.40. The first-order valence-corrected chi connectivity index (χ1v) is 9.29. The lowest BCUT2D eigenvalue weighted by Crippen LogP contribution is -2.46. The Morgan fingerprint density at radius 1 is 1.31 bits per heavy atom. The molecule has 1 heterocycles. The maximum atomic E-state index is 5.49. The van der Waals surface area contributed by atoms with Crippen molar-refractivity contribution in [3.63, 3.8) is 0 Å². The average Bonchev–Trinajstić information content (AvgIpc) is 3.12. The molecule has 2 N–H and O–H groups in total. The summed E-state index contributed by atoms with van der Waals surface area (Å²) >= 11 is 0. The van der Waals surface area contributed by atoms with Gasteiger partial charge in [0.2, 0.25) is 0 Å². The summed E-state index contributed by atoms with van der Waals surface area (Å²) in [5.74, 6) is 1.82. The van der Waals surface area contributed by atoms with Crippen molar-refractivity contribution in [1.29, 1.82) is 0 Å². The minimum absolute atomic E-state index is 0. The van der Waals surface area contributed by atoms with Gasteiger partial charge in [0.15, 0.2) is 5.96 Å². The van der Waals surface area contributed by atoms with Gasteiger partial charge < -0.3 is 25.2 Å². The van der Waals surface area contributed by atoms with Crippen molar-refractivity contribution < 1.29 is 4.74 Å².